The molecule has 0 saturated carbocycles. The number of esters is 2. The molecule has 12 nitrogen and oxygen atoms in total. The average Bonchev–Trinajstić information content (AvgIpc) is 2.63. The summed E-state index contributed by atoms with van der Waals surface area (Å²) in [6.45, 7) is 16.3. The van der Waals surface area contributed by atoms with Crippen LogP contribution in [0.15, 0.2) is 36.5 Å². The molecule has 174 valence electrons. The Morgan fingerprint density at radius 3 is 1.23 bits per heavy atom. The number of carbonyl (C=O) groups excluding carboxylic acids is 2. The van der Waals surface area contributed by atoms with Crippen molar-refractivity contribution in [3.63, 3.8) is 0 Å². The lowest BCUT2D eigenvalue weighted by atomic mass is 10.1. The van der Waals surface area contributed by atoms with Gasteiger partial charge < -0.3 is 29.9 Å². The molecular formula is C19H26O12. The standard InChI is InChI=1S/C8H8O8.C7H12O2.C4H6O2/c1-3(2)4(9)16-8(5(10)11,6(12)13)7(14)15;1-4-5-9-7(8)6(2)3;1-3(2)4(5)6/h1H2,2H3,(H,10,11)(H,12,13)(H,14,15);2,4-5H2,1,3H3;1H2,2H3,(H,5,6). The van der Waals surface area contributed by atoms with Crippen molar-refractivity contribution in [1.82, 2.24) is 0 Å². The van der Waals surface area contributed by atoms with Crippen LogP contribution in [0, 0.1) is 0 Å². The van der Waals surface area contributed by atoms with Crippen LogP contribution in [0.4, 0.5) is 0 Å². The fourth-order valence-electron chi connectivity index (χ4n) is 0.950. The number of carboxylic acids is 4. The molecule has 0 heterocycles. The second-order valence-corrected chi connectivity index (χ2v) is 5.77. The molecule has 0 amide bonds. The van der Waals surface area contributed by atoms with Gasteiger partial charge in [-0.3, -0.25) is 0 Å². The fraction of sp³-hybridized carbons (Fsp3) is 0.368. The van der Waals surface area contributed by atoms with Gasteiger partial charge in [0.15, 0.2) is 0 Å². The molecule has 31 heavy (non-hydrogen) atoms. The quantitative estimate of drug-likeness (QED) is 0.225. The van der Waals surface area contributed by atoms with Crippen molar-refractivity contribution in [3.05, 3.63) is 36.5 Å². The predicted molar refractivity (Wildman–Crippen MR) is 105 cm³/mol. The first kappa shape index (κ1) is 31.7. The van der Waals surface area contributed by atoms with Crippen LogP contribution < -0.4 is 0 Å². The minimum Gasteiger partial charge on any atom is -0.478 e. The molecule has 0 aliphatic carbocycles. The van der Waals surface area contributed by atoms with Gasteiger partial charge in [-0.15, -0.1) is 0 Å². The van der Waals surface area contributed by atoms with Crippen LogP contribution in [0.1, 0.15) is 34.1 Å². The average molecular weight is 446 g/mol. The number of ether oxygens (including phenoxy) is 2. The van der Waals surface area contributed by atoms with Gasteiger partial charge in [0.05, 0.1) is 6.61 Å². The van der Waals surface area contributed by atoms with Crippen molar-refractivity contribution in [1.29, 1.82) is 0 Å². The summed E-state index contributed by atoms with van der Waals surface area (Å²) >= 11 is 0. The molecule has 0 unspecified atom stereocenters. The Bertz CT molecular complexity index is 712. The Hall–Kier alpha value is -3.96. The van der Waals surface area contributed by atoms with Crippen LogP contribution in [0.5, 0.6) is 0 Å². The molecule has 0 aliphatic heterocycles. The lowest BCUT2D eigenvalue weighted by molar-refractivity contribution is -0.197. The van der Waals surface area contributed by atoms with Crippen LogP contribution in [-0.2, 0) is 38.2 Å². The third-order valence-electron chi connectivity index (χ3n) is 2.65. The maximum absolute atomic E-state index is 11.0. The van der Waals surface area contributed by atoms with Crippen molar-refractivity contribution < 1.29 is 58.7 Å². The molecule has 4 N–H and O–H groups in total. The third kappa shape index (κ3) is 12.3. The van der Waals surface area contributed by atoms with E-state index in [1.54, 1.807) is 6.92 Å². The minimum atomic E-state index is -3.66. The van der Waals surface area contributed by atoms with Crippen molar-refractivity contribution in [3.8, 4) is 0 Å². The molecule has 0 atom stereocenters. The van der Waals surface area contributed by atoms with Crippen LogP contribution in [0.25, 0.3) is 0 Å². The number of aliphatic carboxylic acids is 4. The summed E-state index contributed by atoms with van der Waals surface area (Å²) in [4.78, 5) is 62.9. The lowest BCUT2D eigenvalue weighted by Gasteiger charge is -2.20. The van der Waals surface area contributed by atoms with E-state index in [0.29, 0.717) is 12.2 Å². The zero-order chi connectivity index (χ0) is 25.5. The van der Waals surface area contributed by atoms with E-state index >= 15 is 0 Å². The topological polar surface area (TPSA) is 202 Å². The van der Waals surface area contributed by atoms with Crippen molar-refractivity contribution >= 4 is 35.8 Å². The van der Waals surface area contributed by atoms with Gasteiger partial charge >= 0.3 is 41.4 Å². The number of hydrogen-bond donors (Lipinski definition) is 4. The summed E-state index contributed by atoms with van der Waals surface area (Å²) in [5.74, 6) is -9.61. The third-order valence-corrected chi connectivity index (χ3v) is 2.65. The molecule has 0 aromatic rings. The van der Waals surface area contributed by atoms with Gasteiger partial charge in [-0.1, -0.05) is 26.7 Å². The monoisotopic (exact) mass is 446 g/mol. The van der Waals surface area contributed by atoms with Crippen molar-refractivity contribution in [2.24, 2.45) is 0 Å². The van der Waals surface area contributed by atoms with Crippen molar-refractivity contribution in [2.75, 3.05) is 6.61 Å². The van der Waals surface area contributed by atoms with Gasteiger partial charge in [-0.25, -0.2) is 28.8 Å². The van der Waals surface area contributed by atoms with Gasteiger partial charge in [0, 0.05) is 16.7 Å². The van der Waals surface area contributed by atoms with Gasteiger partial charge in [0.1, 0.15) is 0 Å². The van der Waals surface area contributed by atoms with Crippen LogP contribution in [-0.4, -0.2) is 68.4 Å². The summed E-state index contributed by atoms with van der Waals surface area (Å²) in [6, 6.07) is 0. The predicted octanol–water partition coefficient (Wildman–Crippen LogP) is 1.26. The van der Waals surface area contributed by atoms with Gasteiger partial charge in [-0.05, 0) is 27.2 Å². The highest BCUT2D eigenvalue weighted by molar-refractivity contribution is 6.21. The van der Waals surface area contributed by atoms with E-state index in [1.165, 1.54) is 6.92 Å². The molecule has 0 aliphatic rings. The molecule has 0 radical (unpaired) electrons. The first-order valence-corrected chi connectivity index (χ1v) is 8.29. The van der Waals surface area contributed by atoms with E-state index in [4.69, 9.17) is 25.2 Å². The zero-order valence-corrected chi connectivity index (χ0v) is 17.6. The molecule has 12 heteroatoms. The zero-order valence-electron chi connectivity index (χ0n) is 17.6. The summed E-state index contributed by atoms with van der Waals surface area (Å²) in [7, 11) is 0. The Kier molecular flexibility index (Phi) is 15.3. The number of hydrogen-bond acceptors (Lipinski definition) is 8. The summed E-state index contributed by atoms with van der Waals surface area (Å²) in [5.41, 5.74) is -3.35. The Morgan fingerprint density at radius 1 is 0.710 bits per heavy atom. The second-order valence-electron chi connectivity index (χ2n) is 5.77. The first-order chi connectivity index (χ1) is 14.0. The van der Waals surface area contributed by atoms with Gasteiger partial charge in [-0.2, -0.15) is 0 Å². The first-order valence-electron chi connectivity index (χ1n) is 8.29. The molecule has 0 saturated heterocycles. The second kappa shape index (κ2) is 15.0. The van der Waals surface area contributed by atoms with Crippen LogP contribution >= 0.6 is 0 Å². The summed E-state index contributed by atoms with van der Waals surface area (Å²) in [5, 5.41) is 33.5. The van der Waals surface area contributed by atoms with E-state index in [-0.39, 0.29) is 17.1 Å². The number of carboxylic acid groups (broad SMARTS) is 4. The molecule has 0 rings (SSSR count). The van der Waals surface area contributed by atoms with E-state index in [2.05, 4.69) is 24.5 Å². The number of rotatable bonds is 9. The van der Waals surface area contributed by atoms with Crippen LogP contribution in [0.2, 0.25) is 0 Å². The SMILES string of the molecule is C=C(C)C(=O)O.C=C(C)C(=O)OC(C(=O)O)(C(=O)O)C(=O)O.C=C(C)C(=O)OCCC. The van der Waals surface area contributed by atoms with Gasteiger partial charge in [0.2, 0.25) is 0 Å². The lowest BCUT2D eigenvalue weighted by Crippen LogP contribution is -2.56. The van der Waals surface area contributed by atoms with Gasteiger partial charge in [0.25, 0.3) is 0 Å². The Labute approximate surface area is 178 Å². The molecule has 0 spiro atoms. The maximum atomic E-state index is 11.0. The maximum Gasteiger partial charge on any atom is 0.400 e. The Balaban J connectivity index is -0.000000438. The summed E-state index contributed by atoms with van der Waals surface area (Å²) < 4.78 is 8.66. The highest BCUT2D eigenvalue weighted by Crippen LogP contribution is 2.15. The molecule has 0 aromatic carbocycles. The van der Waals surface area contributed by atoms with E-state index in [1.807, 2.05) is 6.92 Å². The van der Waals surface area contributed by atoms with E-state index in [0.717, 1.165) is 13.3 Å². The molecular weight excluding hydrogens is 420 g/mol. The Morgan fingerprint density at radius 2 is 1.03 bits per heavy atom. The van der Waals surface area contributed by atoms with Crippen LogP contribution in [0.3, 0.4) is 0 Å². The fourth-order valence-corrected chi connectivity index (χ4v) is 0.950. The largest absolute Gasteiger partial charge is 0.478 e. The summed E-state index contributed by atoms with van der Waals surface area (Å²) in [6.07, 6.45) is 0.860. The highest BCUT2D eigenvalue weighted by Gasteiger charge is 2.59. The smallest absolute Gasteiger partial charge is 0.400 e. The molecule has 0 fully saturated rings. The highest BCUT2D eigenvalue weighted by atomic mass is 16.6. The molecule has 0 bridgehead atoms. The van der Waals surface area contributed by atoms with E-state index < -0.39 is 35.4 Å². The minimum absolute atomic E-state index is 0.176. The van der Waals surface area contributed by atoms with E-state index in [9.17, 15) is 28.8 Å². The van der Waals surface area contributed by atoms with Crippen molar-refractivity contribution in [2.45, 2.75) is 39.7 Å². The number of carbonyl (C=O) groups is 6. The molecule has 0 aromatic heterocycles. The normalized spacial score (nSPS) is 9.29.